The first kappa shape index (κ1) is 12.7. The Labute approximate surface area is 119 Å². The van der Waals surface area contributed by atoms with Gasteiger partial charge in [-0.3, -0.25) is 10.1 Å². The molecule has 3 rings (SSSR count). The molecule has 0 bridgehead atoms. The van der Waals surface area contributed by atoms with Gasteiger partial charge in [-0.1, -0.05) is 23.7 Å². The molecule has 0 aliphatic carbocycles. The van der Waals surface area contributed by atoms with Crippen LogP contribution in [0.2, 0.25) is 5.02 Å². The molecule has 1 fully saturated rings. The van der Waals surface area contributed by atoms with Crippen LogP contribution in [0.5, 0.6) is 0 Å². The van der Waals surface area contributed by atoms with Gasteiger partial charge in [0.1, 0.15) is 5.82 Å². The van der Waals surface area contributed by atoms with Gasteiger partial charge in [-0.15, -0.1) is 0 Å². The minimum Gasteiger partial charge on any atom is -0.335 e. The van der Waals surface area contributed by atoms with Crippen molar-refractivity contribution in [2.75, 3.05) is 0 Å². The minimum absolute atomic E-state index is 0.433. The van der Waals surface area contributed by atoms with Crippen LogP contribution in [0.4, 0.5) is 4.79 Å². The average Bonchev–Trinajstić information content (AvgIpc) is 2.95. The highest BCUT2D eigenvalue weighted by Gasteiger charge is 2.51. The van der Waals surface area contributed by atoms with Gasteiger partial charge in [-0.2, -0.15) is 0 Å². The fourth-order valence-electron chi connectivity index (χ4n) is 2.37. The lowest BCUT2D eigenvalue weighted by Gasteiger charge is -2.26. The van der Waals surface area contributed by atoms with Crippen molar-refractivity contribution < 1.29 is 9.59 Å². The smallest absolute Gasteiger partial charge is 0.322 e. The molecule has 2 heterocycles. The lowest BCUT2D eigenvalue weighted by molar-refractivity contribution is -0.123. The van der Waals surface area contributed by atoms with Crippen molar-refractivity contribution in [1.29, 1.82) is 0 Å². The van der Waals surface area contributed by atoms with Crippen LogP contribution < -0.4 is 10.6 Å². The summed E-state index contributed by atoms with van der Waals surface area (Å²) >= 11 is 5.88. The molecule has 1 aliphatic heterocycles. The number of aryl methyl sites for hydroxylation is 1. The van der Waals surface area contributed by atoms with Crippen molar-refractivity contribution in [3.63, 3.8) is 0 Å². The number of carbonyl (C=O) groups is 2. The third kappa shape index (κ3) is 1.69. The van der Waals surface area contributed by atoms with Crippen LogP contribution in [0.15, 0.2) is 36.7 Å². The Hall–Kier alpha value is -2.34. The number of nitrogens with zero attached hydrogens (tertiary/aromatic N) is 2. The second-order valence-electron chi connectivity index (χ2n) is 4.53. The van der Waals surface area contributed by atoms with E-state index in [1.807, 2.05) is 0 Å². The third-order valence-electron chi connectivity index (χ3n) is 3.30. The van der Waals surface area contributed by atoms with Gasteiger partial charge >= 0.3 is 6.03 Å². The van der Waals surface area contributed by atoms with E-state index in [4.69, 9.17) is 11.6 Å². The first-order valence-electron chi connectivity index (χ1n) is 5.91. The van der Waals surface area contributed by atoms with Crippen LogP contribution >= 0.6 is 11.6 Å². The number of carbonyl (C=O) groups excluding carboxylic acids is 2. The lowest BCUT2D eigenvalue weighted by atomic mass is 9.89. The Kier molecular flexibility index (Phi) is 2.76. The van der Waals surface area contributed by atoms with Gasteiger partial charge < -0.3 is 9.88 Å². The van der Waals surface area contributed by atoms with Crippen LogP contribution in [0.25, 0.3) is 0 Å². The molecule has 0 spiro atoms. The van der Waals surface area contributed by atoms with Crippen molar-refractivity contribution in [3.05, 3.63) is 53.1 Å². The lowest BCUT2D eigenvalue weighted by Crippen LogP contribution is -2.46. The number of imide groups is 1. The van der Waals surface area contributed by atoms with E-state index in [0.717, 1.165) is 0 Å². The van der Waals surface area contributed by atoms with Crippen LogP contribution in [0.3, 0.4) is 0 Å². The summed E-state index contributed by atoms with van der Waals surface area (Å²) in [5.41, 5.74) is -0.737. The van der Waals surface area contributed by atoms with Crippen molar-refractivity contribution in [1.82, 2.24) is 20.2 Å². The summed E-state index contributed by atoms with van der Waals surface area (Å²) in [7, 11) is 1.76. The summed E-state index contributed by atoms with van der Waals surface area (Å²) in [6.07, 6.45) is 3.29. The number of aromatic nitrogens is 2. The monoisotopic (exact) mass is 290 g/mol. The molecule has 1 atom stereocenters. The van der Waals surface area contributed by atoms with Crippen LogP contribution in [0.1, 0.15) is 11.4 Å². The van der Waals surface area contributed by atoms with Gasteiger partial charge in [0.2, 0.25) is 5.54 Å². The average molecular weight is 291 g/mol. The zero-order valence-corrected chi connectivity index (χ0v) is 11.3. The van der Waals surface area contributed by atoms with Crippen LogP contribution in [0, 0.1) is 0 Å². The number of nitrogens with one attached hydrogen (secondary N) is 2. The van der Waals surface area contributed by atoms with E-state index in [1.165, 1.54) is 0 Å². The van der Waals surface area contributed by atoms with Crippen LogP contribution in [-0.2, 0) is 17.4 Å². The summed E-state index contributed by atoms with van der Waals surface area (Å²) in [5, 5.41) is 5.48. The highest BCUT2D eigenvalue weighted by atomic mass is 35.5. The zero-order valence-electron chi connectivity index (χ0n) is 10.6. The Morgan fingerprint density at radius 2 is 1.95 bits per heavy atom. The molecule has 0 saturated carbocycles. The van der Waals surface area contributed by atoms with E-state index in [9.17, 15) is 9.59 Å². The largest absolute Gasteiger partial charge is 0.335 e. The van der Waals surface area contributed by atoms with Crippen LogP contribution in [-0.4, -0.2) is 21.5 Å². The molecule has 6 nitrogen and oxygen atoms in total. The molecule has 7 heteroatoms. The molecule has 1 aliphatic rings. The van der Waals surface area contributed by atoms with Gasteiger partial charge in [-0.05, 0) is 17.7 Å². The zero-order chi connectivity index (χ0) is 14.3. The highest BCUT2D eigenvalue weighted by Crippen LogP contribution is 2.32. The molecular formula is C13H11ClN4O2. The van der Waals surface area contributed by atoms with Crippen molar-refractivity contribution >= 4 is 23.5 Å². The van der Waals surface area contributed by atoms with E-state index in [1.54, 1.807) is 48.3 Å². The fraction of sp³-hybridized carbons (Fsp3) is 0.154. The maximum absolute atomic E-state index is 12.4. The van der Waals surface area contributed by atoms with Gasteiger partial charge in [0, 0.05) is 24.5 Å². The molecule has 20 heavy (non-hydrogen) atoms. The van der Waals surface area contributed by atoms with Crippen molar-refractivity contribution in [3.8, 4) is 0 Å². The first-order chi connectivity index (χ1) is 9.54. The number of amides is 3. The molecule has 3 amide bonds. The van der Waals surface area contributed by atoms with E-state index < -0.39 is 17.5 Å². The number of hydrogen-bond donors (Lipinski definition) is 2. The standard InChI is InChI=1S/C13H11ClN4O2/c1-18-7-6-15-10(18)13(11(19)16-12(20)17-13)8-2-4-9(14)5-3-8/h2-7H,1H3,(H2,16,17,19,20). The second-order valence-corrected chi connectivity index (χ2v) is 4.96. The third-order valence-corrected chi connectivity index (χ3v) is 3.55. The Morgan fingerprint density at radius 3 is 2.45 bits per heavy atom. The summed E-state index contributed by atoms with van der Waals surface area (Å²) in [4.78, 5) is 28.2. The van der Waals surface area contributed by atoms with E-state index in [-0.39, 0.29) is 0 Å². The fourth-order valence-corrected chi connectivity index (χ4v) is 2.50. The molecular weight excluding hydrogens is 280 g/mol. The van der Waals surface area contributed by atoms with Gasteiger partial charge in [-0.25, -0.2) is 9.78 Å². The molecule has 2 N–H and O–H groups in total. The SMILES string of the molecule is Cn1ccnc1C1(c2ccc(Cl)cc2)NC(=O)NC1=O. The molecule has 2 aromatic rings. The number of halogens is 1. The van der Waals surface area contributed by atoms with Gasteiger partial charge in [0.15, 0.2) is 0 Å². The normalized spacial score (nSPS) is 21.7. The topological polar surface area (TPSA) is 76.0 Å². The Balaban J connectivity index is 2.24. The quantitative estimate of drug-likeness (QED) is 0.815. The number of benzene rings is 1. The van der Waals surface area contributed by atoms with Gasteiger partial charge in [0.25, 0.3) is 5.91 Å². The second kappa shape index (κ2) is 4.35. The maximum Gasteiger partial charge on any atom is 0.322 e. The number of rotatable bonds is 2. The van der Waals surface area contributed by atoms with Crippen molar-refractivity contribution in [2.45, 2.75) is 5.54 Å². The summed E-state index contributed by atoms with van der Waals surface area (Å²) < 4.78 is 1.69. The first-order valence-corrected chi connectivity index (χ1v) is 6.29. The molecule has 0 radical (unpaired) electrons. The number of hydrogen-bond acceptors (Lipinski definition) is 3. The van der Waals surface area contributed by atoms with Crippen molar-refractivity contribution in [2.24, 2.45) is 7.05 Å². The summed E-state index contributed by atoms with van der Waals surface area (Å²) in [6, 6.07) is 6.18. The molecule has 1 aromatic heterocycles. The summed E-state index contributed by atoms with van der Waals surface area (Å²) in [6.45, 7) is 0. The minimum atomic E-state index is -1.33. The number of imidazole rings is 1. The maximum atomic E-state index is 12.4. The van der Waals surface area contributed by atoms with E-state index in [2.05, 4.69) is 15.6 Å². The number of urea groups is 1. The Bertz CT molecular complexity index is 695. The van der Waals surface area contributed by atoms with E-state index >= 15 is 0 Å². The van der Waals surface area contributed by atoms with E-state index in [0.29, 0.717) is 16.4 Å². The summed E-state index contributed by atoms with van der Waals surface area (Å²) in [5.74, 6) is -0.0257. The molecule has 1 aromatic carbocycles. The Morgan fingerprint density at radius 1 is 1.25 bits per heavy atom. The predicted molar refractivity (Wildman–Crippen MR) is 72.1 cm³/mol. The molecule has 1 unspecified atom stereocenters. The highest BCUT2D eigenvalue weighted by molar-refractivity contribution is 6.30. The van der Waals surface area contributed by atoms with Gasteiger partial charge in [0.05, 0.1) is 0 Å². The molecule has 102 valence electrons. The predicted octanol–water partition coefficient (Wildman–Crippen LogP) is 1.16. The molecule has 1 saturated heterocycles.